The number of benzene rings is 1. The van der Waals surface area contributed by atoms with Crippen LogP contribution in [0.5, 0.6) is 0 Å². The Hall–Kier alpha value is -1.18. The summed E-state index contributed by atoms with van der Waals surface area (Å²) in [7, 11) is 0. The molecule has 0 aliphatic carbocycles. The van der Waals surface area contributed by atoms with Crippen LogP contribution in [0.15, 0.2) is 24.3 Å². The summed E-state index contributed by atoms with van der Waals surface area (Å²) in [5.41, 5.74) is 1.78. The Labute approximate surface area is 77.6 Å². The molecule has 70 valence electrons. The van der Waals surface area contributed by atoms with Crippen LogP contribution in [0.1, 0.15) is 24.5 Å². The molecule has 0 heterocycles. The predicted molar refractivity (Wildman–Crippen MR) is 50.3 cm³/mol. The first-order valence-electron chi connectivity index (χ1n) is 4.35. The van der Waals surface area contributed by atoms with Crippen molar-refractivity contribution in [1.82, 2.24) is 0 Å². The minimum absolute atomic E-state index is 0.189. The number of aryl methyl sites for hydroxylation is 1. The summed E-state index contributed by atoms with van der Waals surface area (Å²) in [5.74, 6) is 0.189. The summed E-state index contributed by atoms with van der Waals surface area (Å²) in [5, 5.41) is 0. The van der Waals surface area contributed by atoms with E-state index < -0.39 is 6.67 Å². The summed E-state index contributed by atoms with van der Waals surface area (Å²) in [4.78, 5) is 10.7. The summed E-state index contributed by atoms with van der Waals surface area (Å²) in [6, 6.07) is 7.26. The molecule has 13 heavy (non-hydrogen) atoms. The third-order valence-electron chi connectivity index (χ3n) is 1.94. The smallest absolute Gasteiger partial charge is 0.130 e. The normalized spacial score (nSPS) is 10.0. The van der Waals surface area contributed by atoms with Crippen molar-refractivity contribution in [2.75, 3.05) is 0 Å². The number of alkyl halides is 1. The molecule has 0 radical (unpaired) electrons. The molecule has 0 aliphatic rings. The zero-order valence-corrected chi connectivity index (χ0v) is 7.72. The summed E-state index contributed by atoms with van der Waals surface area (Å²) in [6.07, 6.45) is 1.32. The molecule has 0 atom stereocenters. The largest absolute Gasteiger partial charge is 0.300 e. The maximum Gasteiger partial charge on any atom is 0.130 e. The molecule has 0 spiro atoms. The van der Waals surface area contributed by atoms with Gasteiger partial charge in [-0.3, -0.25) is 0 Å². The van der Waals surface area contributed by atoms with Gasteiger partial charge in [0.25, 0.3) is 0 Å². The number of hydrogen-bond acceptors (Lipinski definition) is 1. The van der Waals surface area contributed by atoms with Crippen LogP contribution in [0.4, 0.5) is 4.39 Å². The molecule has 1 nitrogen and oxygen atoms in total. The Morgan fingerprint density at radius 3 is 2.23 bits per heavy atom. The van der Waals surface area contributed by atoms with Gasteiger partial charge in [-0.25, -0.2) is 4.39 Å². The second-order valence-electron chi connectivity index (χ2n) is 3.15. The lowest BCUT2D eigenvalue weighted by Crippen LogP contribution is -1.93. The van der Waals surface area contributed by atoms with Crippen molar-refractivity contribution < 1.29 is 9.18 Å². The fourth-order valence-corrected chi connectivity index (χ4v) is 1.12. The minimum Gasteiger partial charge on any atom is -0.300 e. The highest BCUT2D eigenvalue weighted by atomic mass is 19.1. The third-order valence-corrected chi connectivity index (χ3v) is 1.94. The van der Waals surface area contributed by atoms with E-state index in [1.807, 2.05) is 12.1 Å². The van der Waals surface area contributed by atoms with Gasteiger partial charge in [0, 0.05) is 6.42 Å². The van der Waals surface area contributed by atoms with Crippen LogP contribution in [0.25, 0.3) is 0 Å². The number of Topliss-reactive ketones (excluding diaryl/α,β-unsaturated/α-hetero) is 1. The molecular formula is C11H13FO. The van der Waals surface area contributed by atoms with Gasteiger partial charge in [-0.1, -0.05) is 24.3 Å². The molecule has 1 aromatic rings. The quantitative estimate of drug-likeness (QED) is 0.696. The lowest BCUT2D eigenvalue weighted by Gasteiger charge is -1.99. The number of carbonyl (C=O) groups is 1. The molecule has 1 rings (SSSR count). The molecule has 0 fully saturated rings. The second kappa shape index (κ2) is 4.75. The highest BCUT2D eigenvalue weighted by Crippen LogP contribution is 2.07. The Kier molecular flexibility index (Phi) is 3.62. The van der Waals surface area contributed by atoms with Crippen LogP contribution in [-0.4, -0.2) is 5.78 Å². The first-order chi connectivity index (χ1) is 6.22. The van der Waals surface area contributed by atoms with E-state index in [2.05, 4.69) is 0 Å². The summed E-state index contributed by atoms with van der Waals surface area (Å²) >= 11 is 0. The monoisotopic (exact) mass is 180 g/mol. The van der Waals surface area contributed by atoms with E-state index in [1.165, 1.54) is 0 Å². The Morgan fingerprint density at radius 2 is 1.77 bits per heavy atom. The highest BCUT2D eigenvalue weighted by Gasteiger charge is 1.96. The van der Waals surface area contributed by atoms with Crippen LogP contribution in [0.3, 0.4) is 0 Å². The molecule has 0 unspecified atom stereocenters. The summed E-state index contributed by atoms with van der Waals surface area (Å²) in [6.45, 7) is 1.16. The lowest BCUT2D eigenvalue weighted by atomic mass is 10.1. The van der Waals surface area contributed by atoms with E-state index in [0.717, 1.165) is 12.0 Å². The van der Waals surface area contributed by atoms with Gasteiger partial charge in [-0.15, -0.1) is 0 Å². The van der Waals surface area contributed by atoms with E-state index in [9.17, 15) is 9.18 Å². The maximum atomic E-state index is 12.1. The predicted octanol–water partition coefficient (Wildman–Crippen LogP) is 2.68. The van der Waals surface area contributed by atoms with E-state index in [0.29, 0.717) is 12.0 Å². The van der Waals surface area contributed by atoms with Gasteiger partial charge in [0.15, 0.2) is 0 Å². The zero-order valence-electron chi connectivity index (χ0n) is 7.72. The van der Waals surface area contributed by atoms with Crippen molar-refractivity contribution in [2.24, 2.45) is 0 Å². The van der Waals surface area contributed by atoms with Crippen LogP contribution < -0.4 is 0 Å². The van der Waals surface area contributed by atoms with Crippen LogP contribution in [0.2, 0.25) is 0 Å². The first-order valence-corrected chi connectivity index (χ1v) is 4.35. The van der Waals surface area contributed by atoms with E-state index in [-0.39, 0.29) is 5.78 Å². The molecule has 0 saturated carbocycles. The molecule has 0 saturated heterocycles. The fraction of sp³-hybridized carbons (Fsp3) is 0.364. The average Bonchev–Trinajstić information content (AvgIpc) is 2.15. The van der Waals surface area contributed by atoms with Gasteiger partial charge in [-0.2, -0.15) is 0 Å². The number of rotatable bonds is 4. The fourth-order valence-electron chi connectivity index (χ4n) is 1.12. The second-order valence-corrected chi connectivity index (χ2v) is 3.15. The van der Waals surface area contributed by atoms with Gasteiger partial charge in [0.05, 0.1) is 0 Å². The number of hydrogen-bond donors (Lipinski definition) is 0. The average molecular weight is 180 g/mol. The molecule has 0 N–H and O–H groups in total. The lowest BCUT2D eigenvalue weighted by molar-refractivity contribution is -0.116. The van der Waals surface area contributed by atoms with Gasteiger partial charge in [0.2, 0.25) is 0 Å². The van der Waals surface area contributed by atoms with Gasteiger partial charge >= 0.3 is 0 Å². The van der Waals surface area contributed by atoms with Gasteiger partial charge in [0.1, 0.15) is 12.5 Å². The molecule has 2 heteroatoms. The molecule has 0 amide bonds. The Bertz CT molecular complexity index is 277. The standard InChI is InChI=1S/C11H13FO/c1-9(13)2-3-10-4-6-11(8-12)7-5-10/h4-7H,2-3,8H2,1H3. The van der Waals surface area contributed by atoms with Crippen molar-refractivity contribution in [2.45, 2.75) is 26.4 Å². The molecule has 0 aromatic heterocycles. The third kappa shape index (κ3) is 3.36. The van der Waals surface area contributed by atoms with Crippen LogP contribution >= 0.6 is 0 Å². The molecule has 0 bridgehead atoms. The SMILES string of the molecule is CC(=O)CCc1ccc(CF)cc1. The number of halogens is 1. The first kappa shape index (κ1) is 9.90. The molecule has 1 aromatic carbocycles. The van der Waals surface area contributed by atoms with E-state index >= 15 is 0 Å². The van der Waals surface area contributed by atoms with Crippen molar-refractivity contribution in [3.05, 3.63) is 35.4 Å². The topological polar surface area (TPSA) is 17.1 Å². The van der Waals surface area contributed by atoms with Crippen molar-refractivity contribution in [3.63, 3.8) is 0 Å². The number of carbonyl (C=O) groups excluding carboxylic acids is 1. The van der Waals surface area contributed by atoms with Crippen molar-refractivity contribution >= 4 is 5.78 Å². The zero-order chi connectivity index (χ0) is 9.68. The van der Waals surface area contributed by atoms with E-state index in [1.54, 1.807) is 19.1 Å². The van der Waals surface area contributed by atoms with Crippen LogP contribution in [-0.2, 0) is 17.9 Å². The van der Waals surface area contributed by atoms with Gasteiger partial charge < -0.3 is 4.79 Å². The maximum absolute atomic E-state index is 12.1. The van der Waals surface area contributed by atoms with Crippen molar-refractivity contribution in [1.29, 1.82) is 0 Å². The van der Waals surface area contributed by atoms with Crippen LogP contribution in [0, 0.1) is 0 Å². The molecular weight excluding hydrogens is 167 g/mol. The number of ketones is 1. The molecule has 0 aliphatic heterocycles. The Morgan fingerprint density at radius 1 is 1.23 bits per heavy atom. The van der Waals surface area contributed by atoms with Gasteiger partial charge in [-0.05, 0) is 24.5 Å². The minimum atomic E-state index is -0.424. The van der Waals surface area contributed by atoms with E-state index in [4.69, 9.17) is 0 Å². The highest BCUT2D eigenvalue weighted by molar-refractivity contribution is 5.75. The Balaban J connectivity index is 2.54. The summed E-state index contributed by atoms with van der Waals surface area (Å²) < 4.78 is 12.1. The van der Waals surface area contributed by atoms with Crippen molar-refractivity contribution in [3.8, 4) is 0 Å².